The number of hydrogen-bond acceptors (Lipinski definition) is 2. The van der Waals surface area contributed by atoms with E-state index in [4.69, 9.17) is 6.42 Å². The predicted octanol–water partition coefficient (Wildman–Crippen LogP) is 1.71. The molecule has 0 saturated heterocycles. The van der Waals surface area contributed by atoms with Gasteiger partial charge in [0.1, 0.15) is 5.60 Å². The lowest BCUT2D eigenvalue weighted by Gasteiger charge is -2.24. The third kappa shape index (κ3) is 1.40. The maximum absolute atomic E-state index is 10.1. The fourth-order valence-electron chi connectivity index (χ4n) is 2.19. The van der Waals surface area contributed by atoms with Gasteiger partial charge in [0.15, 0.2) is 0 Å². The summed E-state index contributed by atoms with van der Waals surface area (Å²) in [5, 5.41) is 10.1. The lowest BCUT2D eigenvalue weighted by Crippen LogP contribution is -2.29. The first-order valence-electron chi connectivity index (χ1n) is 4.86. The van der Waals surface area contributed by atoms with Crippen LogP contribution in [0.4, 0.5) is 0 Å². The molecule has 1 fully saturated rings. The number of pyridine rings is 1. The van der Waals surface area contributed by atoms with Crippen molar-refractivity contribution in [3.05, 3.63) is 30.1 Å². The molecule has 0 bridgehead atoms. The first-order chi connectivity index (χ1) is 6.76. The monoisotopic (exact) mass is 187 g/mol. The number of hydrogen-bond donors (Lipinski definition) is 1. The zero-order valence-corrected chi connectivity index (χ0v) is 7.98. The molecule has 2 nitrogen and oxygen atoms in total. The maximum Gasteiger partial charge on any atom is 0.132 e. The van der Waals surface area contributed by atoms with Gasteiger partial charge in [-0.25, -0.2) is 0 Å². The molecule has 2 atom stereocenters. The van der Waals surface area contributed by atoms with Gasteiger partial charge in [-0.3, -0.25) is 4.98 Å². The summed E-state index contributed by atoms with van der Waals surface area (Å²) < 4.78 is 0. The van der Waals surface area contributed by atoms with Crippen LogP contribution >= 0.6 is 0 Å². The van der Waals surface area contributed by atoms with Gasteiger partial charge in [0, 0.05) is 18.3 Å². The highest BCUT2D eigenvalue weighted by Gasteiger charge is 2.40. The molecular formula is C12H13NO. The fourth-order valence-corrected chi connectivity index (χ4v) is 2.19. The molecule has 14 heavy (non-hydrogen) atoms. The Morgan fingerprint density at radius 2 is 2.50 bits per heavy atom. The fraction of sp³-hybridized carbons (Fsp3) is 0.417. The maximum atomic E-state index is 10.1. The van der Waals surface area contributed by atoms with Gasteiger partial charge in [0.2, 0.25) is 0 Å². The number of rotatable bonds is 1. The third-order valence-corrected chi connectivity index (χ3v) is 2.96. The summed E-state index contributed by atoms with van der Waals surface area (Å²) in [4.78, 5) is 4.05. The minimum atomic E-state index is -0.955. The van der Waals surface area contributed by atoms with Crippen LogP contribution in [0.3, 0.4) is 0 Å². The van der Waals surface area contributed by atoms with E-state index in [0.29, 0.717) is 6.42 Å². The highest BCUT2D eigenvalue weighted by Crippen LogP contribution is 2.41. The van der Waals surface area contributed by atoms with Gasteiger partial charge in [-0.05, 0) is 30.9 Å². The van der Waals surface area contributed by atoms with Gasteiger partial charge >= 0.3 is 0 Å². The Morgan fingerprint density at radius 1 is 1.64 bits per heavy atom. The quantitative estimate of drug-likeness (QED) is 0.679. The van der Waals surface area contributed by atoms with Crippen molar-refractivity contribution < 1.29 is 5.11 Å². The van der Waals surface area contributed by atoms with Crippen LogP contribution in [0.1, 0.15) is 30.7 Å². The SMILES string of the molecule is C#CC1(O)CCCC1c1cccnc1. The van der Waals surface area contributed by atoms with E-state index in [2.05, 4.69) is 10.9 Å². The van der Waals surface area contributed by atoms with Crippen molar-refractivity contribution in [2.75, 3.05) is 0 Å². The summed E-state index contributed by atoms with van der Waals surface area (Å²) in [6, 6.07) is 3.86. The van der Waals surface area contributed by atoms with Crippen molar-refractivity contribution in [3.8, 4) is 12.3 Å². The molecule has 2 rings (SSSR count). The van der Waals surface area contributed by atoms with E-state index in [1.807, 2.05) is 12.1 Å². The minimum Gasteiger partial charge on any atom is -0.377 e. The Balaban J connectivity index is 2.32. The molecule has 2 heteroatoms. The van der Waals surface area contributed by atoms with Crippen molar-refractivity contribution in [1.82, 2.24) is 4.98 Å². The molecule has 0 aliphatic heterocycles. The number of aliphatic hydroxyl groups is 1. The summed E-state index contributed by atoms with van der Waals surface area (Å²) >= 11 is 0. The molecule has 1 N–H and O–H groups in total. The number of nitrogens with zero attached hydrogens (tertiary/aromatic N) is 1. The second kappa shape index (κ2) is 3.43. The smallest absolute Gasteiger partial charge is 0.132 e. The third-order valence-electron chi connectivity index (χ3n) is 2.96. The Kier molecular flexibility index (Phi) is 2.26. The van der Waals surface area contributed by atoms with Crippen LogP contribution < -0.4 is 0 Å². The van der Waals surface area contributed by atoms with Gasteiger partial charge in [-0.1, -0.05) is 12.0 Å². The Labute approximate surface area is 84.0 Å². The molecule has 1 aliphatic rings. The second-order valence-electron chi connectivity index (χ2n) is 3.80. The molecular weight excluding hydrogens is 174 g/mol. The van der Waals surface area contributed by atoms with Crippen LogP contribution in [0, 0.1) is 12.3 Å². The zero-order valence-electron chi connectivity index (χ0n) is 7.98. The van der Waals surface area contributed by atoms with Crippen molar-refractivity contribution >= 4 is 0 Å². The molecule has 2 unspecified atom stereocenters. The molecule has 1 saturated carbocycles. The van der Waals surface area contributed by atoms with Crippen LogP contribution in [-0.4, -0.2) is 15.7 Å². The standard InChI is InChI=1S/C12H13NO/c1-2-12(14)7-3-6-11(12)10-5-4-8-13-9-10/h1,4-5,8-9,11,14H,3,6-7H2. The number of aromatic nitrogens is 1. The van der Waals surface area contributed by atoms with Crippen LogP contribution in [-0.2, 0) is 0 Å². The highest BCUT2D eigenvalue weighted by atomic mass is 16.3. The Hall–Kier alpha value is -1.33. The highest BCUT2D eigenvalue weighted by molar-refractivity contribution is 5.28. The van der Waals surface area contributed by atoms with Crippen molar-refractivity contribution in [2.24, 2.45) is 0 Å². The van der Waals surface area contributed by atoms with E-state index in [-0.39, 0.29) is 5.92 Å². The van der Waals surface area contributed by atoms with Gasteiger partial charge in [-0.15, -0.1) is 6.42 Å². The minimum absolute atomic E-state index is 0.0567. The first kappa shape index (κ1) is 9.23. The molecule has 0 aromatic carbocycles. The topological polar surface area (TPSA) is 33.1 Å². The zero-order chi connectivity index (χ0) is 10.0. The molecule has 1 heterocycles. The second-order valence-corrected chi connectivity index (χ2v) is 3.80. The summed E-state index contributed by atoms with van der Waals surface area (Å²) in [5.41, 5.74) is 0.0914. The molecule has 1 aliphatic carbocycles. The van der Waals surface area contributed by atoms with E-state index in [1.165, 1.54) is 0 Å². The van der Waals surface area contributed by atoms with Crippen LogP contribution in [0.5, 0.6) is 0 Å². The van der Waals surface area contributed by atoms with Crippen molar-refractivity contribution in [3.63, 3.8) is 0 Å². The van der Waals surface area contributed by atoms with Crippen LogP contribution in [0.2, 0.25) is 0 Å². The van der Waals surface area contributed by atoms with E-state index in [9.17, 15) is 5.11 Å². The average Bonchev–Trinajstić information content (AvgIpc) is 2.63. The first-order valence-corrected chi connectivity index (χ1v) is 4.86. The molecule has 1 aromatic heterocycles. The lowest BCUT2D eigenvalue weighted by atomic mass is 9.86. The lowest BCUT2D eigenvalue weighted by molar-refractivity contribution is 0.0907. The summed E-state index contributed by atoms with van der Waals surface area (Å²) in [5.74, 6) is 2.57. The van der Waals surface area contributed by atoms with Gasteiger partial charge in [0.05, 0.1) is 0 Å². The van der Waals surface area contributed by atoms with E-state index in [0.717, 1.165) is 18.4 Å². The summed E-state index contributed by atoms with van der Waals surface area (Å²) in [6.45, 7) is 0. The van der Waals surface area contributed by atoms with Gasteiger partial charge < -0.3 is 5.11 Å². The van der Waals surface area contributed by atoms with Crippen molar-refractivity contribution in [1.29, 1.82) is 0 Å². The Bertz CT molecular complexity index is 354. The van der Waals surface area contributed by atoms with Gasteiger partial charge in [0.25, 0.3) is 0 Å². The predicted molar refractivity (Wildman–Crippen MR) is 54.6 cm³/mol. The largest absolute Gasteiger partial charge is 0.377 e. The number of terminal acetylenes is 1. The van der Waals surface area contributed by atoms with Crippen LogP contribution in [0.25, 0.3) is 0 Å². The normalized spacial score (nSPS) is 31.3. The summed E-state index contributed by atoms with van der Waals surface area (Å²) in [6.07, 6.45) is 11.5. The van der Waals surface area contributed by atoms with Crippen LogP contribution in [0.15, 0.2) is 24.5 Å². The van der Waals surface area contributed by atoms with E-state index < -0.39 is 5.60 Å². The van der Waals surface area contributed by atoms with Crippen molar-refractivity contribution in [2.45, 2.75) is 30.8 Å². The van der Waals surface area contributed by atoms with E-state index in [1.54, 1.807) is 12.4 Å². The summed E-state index contributed by atoms with van der Waals surface area (Å²) in [7, 11) is 0. The van der Waals surface area contributed by atoms with E-state index >= 15 is 0 Å². The van der Waals surface area contributed by atoms with Gasteiger partial charge in [-0.2, -0.15) is 0 Å². The molecule has 0 amide bonds. The molecule has 0 spiro atoms. The average molecular weight is 187 g/mol. The molecule has 0 radical (unpaired) electrons. The Morgan fingerprint density at radius 3 is 3.14 bits per heavy atom. The molecule has 1 aromatic rings. The molecule has 72 valence electrons.